The molecule has 4 amide bonds. The lowest BCUT2D eigenvalue weighted by molar-refractivity contribution is -0.119. The SMILES string of the molecule is CC(C)(C)OC(=O)NC(C(=O)Nc1cc2c3c(c(C4=CCN(C(=O)OC(C)(C)C)CC4)[nH]c3c1)C=NNC2=O)C1CCCCC1. The van der Waals surface area contributed by atoms with E-state index in [-0.39, 0.29) is 17.9 Å². The third kappa shape index (κ3) is 7.66. The predicted octanol–water partition coefficient (Wildman–Crippen LogP) is 5.68. The number of ether oxygens (including phenoxy) is 2. The van der Waals surface area contributed by atoms with Crippen LogP contribution in [0.5, 0.6) is 0 Å². The van der Waals surface area contributed by atoms with E-state index in [1.54, 1.807) is 44.0 Å². The fraction of sp³-hybridized carbons (Fsp3) is 0.545. The first-order chi connectivity index (χ1) is 21.2. The number of carbonyl (C=O) groups is 4. The third-order valence-electron chi connectivity index (χ3n) is 8.07. The Bertz CT molecular complexity index is 1550. The Morgan fingerprint density at radius 3 is 2.38 bits per heavy atom. The number of hydrogen-bond donors (Lipinski definition) is 4. The lowest BCUT2D eigenvalue weighted by Gasteiger charge is -2.31. The summed E-state index contributed by atoms with van der Waals surface area (Å²) in [6.07, 6.45) is 7.88. The quantitative estimate of drug-likeness (QED) is 0.337. The van der Waals surface area contributed by atoms with Gasteiger partial charge in [0.1, 0.15) is 17.2 Å². The van der Waals surface area contributed by atoms with Crippen LogP contribution >= 0.6 is 0 Å². The zero-order chi connectivity index (χ0) is 32.5. The minimum Gasteiger partial charge on any atom is -0.444 e. The van der Waals surface area contributed by atoms with Crippen LogP contribution in [-0.2, 0) is 14.3 Å². The van der Waals surface area contributed by atoms with E-state index < -0.39 is 29.2 Å². The van der Waals surface area contributed by atoms with Crippen molar-refractivity contribution in [1.82, 2.24) is 20.6 Å². The maximum absolute atomic E-state index is 13.7. The second-order valence-corrected chi connectivity index (χ2v) is 14.0. The Morgan fingerprint density at radius 1 is 1.02 bits per heavy atom. The monoisotopic (exact) mass is 620 g/mol. The van der Waals surface area contributed by atoms with Crippen LogP contribution in [0.3, 0.4) is 0 Å². The molecule has 2 aliphatic heterocycles. The van der Waals surface area contributed by atoms with Gasteiger partial charge in [-0.1, -0.05) is 25.3 Å². The first-order valence-electron chi connectivity index (χ1n) is 15.7. The lowest BCUT2D eigenvalue weighted by atomic mass is 9.83. The molecule has 1 unspecified atom stereocenters. The smallest absolute Gasteiger partial charge is 0.410 e. The molecule has 4 N–H and O–H groups in total. The van der Waals surface area contributed by atoms with Crippen molar-refractivity contribution in [3.8, 4) is 0 Å². The second kappa shape index (κ2) is 12.6. The van der Waals surface area contributed by atoms with E-state index in [1.807, 2.05) is 26.8 Å². The summed E-state index contributed by atoms with van der Waals surface area (Å²) in [5, 5.41) is 10.6. The molecule has 3 heterocycles. The van der Waals surface area contributed by atoms with E-state index in [0.717, 1.165) is 48.9 Å². The van der Waals surface area contributed by atoms with Gasteiger partial charge in [-0.15, -0.1) is 0 Å². The lowest BCUT2D eigenvalue weighted by Crippen LogP contribution is -2.50. The summed E-state index contributed by atoms with van der Waals surface area (Å²) in [6.45, 7) is 11.7. The first-order valence-corrected chi connectivity index (χ1v) is 15.7. The number of anilines is 1. The maximum atomic E-state index is 13.7. The molecular formula is C33H44N6O6. The summed E-state index contributed by atoms with van der Waals surface area (Å²) in [7, 11) is 0. The molecule has 1 fully saturated rings. The van der Waals surface area contributed by atoms with Crippen molar-refractivity contribution in [3.63, 3.8) is 0 Å². The van der Waals surface area contributed by atoms with E-state index in [2.05, 4.69) is 26.1 Å². The van der Waals surface area contributed by atoms with Gasteiger partial charge in [0, 0.05) is 35.2 Å². The average molecular weight is 621 g/mol. The zero-order valence-corrected chi connectivity index (χ0v) is 27.0. The van der Waals surface area contributed by atoms with Gasteiger partial charge >= 0.3 is 12.2 Å². The molecule has 12 nitrogen and oxygen atoms in total. The van der Waals surface area contributed by atoms with Crippen LogP contribution < -0.4 is 16.1 Å². The van der Waals surface area contributed by atoms with Crippen molar-refractivity contribution in [3.05, 3.63) is 35.0 Å². The molecule has 1 aliphatic carbocycles. The third-order valence-corrected chi connectivity index (χ3v) is 8.07. The fourth-order valence-electron chi connectivity index (χ4n) is 6.12. The predicted molar refractivity (Wildman–Crippen MR) is 172 cm³/mol. The number of H-pyrrole nitrogens is 1. The Balaban J connectivity index is 1.43. The van der Waals surface area contributed by atoms with Crippen molar-refractivity contribution in [2.75, 3.05) is 18.4 Å². The minimum atomic E-state index is -0.790. The van der Waals surface area contributed by atoms with Gasteiger partial charge in [-0.05, 0) is 84.4 Å². The summed E-state index contributed by atoms with van der Waals surface area (Å²) >= 11 is 0. The topological polar surface area (TPSA) is 154 Å². The van der Waals surface area contributed by atoms with Crippen LogP contribution in [0.1, 0.15) is 102 Å². The van der Waals surface area contributed by atoms with E-state index >= 15 is 0 Å². The van der Waals surface area contributed by atoms with Crippen LogP contribution in [0, 0.1) is 5.92 Å². The summed E-state index contributed by atoms with van der Waals surface area (Å²) in [6, 6.07) is 2.64. The first kappa shape index (κ1) is 32.1. The van der Waals surface area contributed by atoms with Crippen LogP contribution in [0.4, 0.5) is 15.3 Å². The van der Waals surface area contributed by atoms with E-state index in [4.69, 9.17) is 9.47 Å². The van der Waals surface area contributed by atoms with Crippen LogP contribution in [-0.4, -0.2) is 70.4 Å². The fourth-order valence-corrected chi connectivity index (χ4v) is 6.12. The molecule has 1 atom stereocenters. The van der Waals surface area contributed by atoms with Gasteiger partial charge in [0.25, 0.3) is 5.91 Å². The average Bonchev–Trinajstić information content (AvgIpc) is 3.23. The Kier molecular flexibility index (Phi) is 8.95. The molecule has 1 aromatic heterocycles. The van der Waals surface area contributed by atoms with E-state index in [0.29, 0.717) is 41.7 Å². The molecule has 1 aromatic carbocycles. The molecule has 1 saturated carbocycles. The number of aromatic amines is 1. The molecule has 5 rings (SSSR count). The summed E-state index contributed by atoms with van der Waals surface area (Å²) in [5.74, 6) is -0.801. The molecule has 45 heavy (non-hydrogen) atoms. The van der Waals surface area contributed by atoms with Crippen molar-refractivity contribution >= 4 is 52.4 Å². The Labute approximate surface area is 263 Å². The molecule has 0 spiro atoms. The van der Waals surface area contributed by atoms with Crippen LogP contribution in [0.2, 0.25) is 0 Å². The highest BCUT2D eigenvalue weighted by atomic mass is 16.6. The number of carbonyl (C=O) groups excluding carboxylic acids is 4. The highest BCUT2D eigenvalue weighted by Crippen LogP contribution is 2.35. The van der Waals surface area contributed by atoms with Crippen molar-refractivity contribution in [1.29, 1.82) is 0 Å². The van der Waals surface area contributed by atoms with Crippen molar-refractivity contribution < 1.29 is 28.7 Å². The number of rotatable bonds is 5. The van der Waals surface area contributed by atoms with Crippen molar-refractivity contribution in [2.24, 2.45) is 11.0 Å². The number of hydrazone groups is 1. The van der Waals surface area contributed by atoms with Crippen LogP contribution in [0.15, 0.2) is 23.3 Å². The molecule has 0 saturated heterocycles. The summed E-state index contributed by atoms with van der Waals surface area (Å²) < 4.78 is 11.0. The maximum Gasteiger partial charge on any atom is 0.410 e. The standard InChI is InChI=1S/C33H44N6O6/c1-32(2,3)44-30(42)37-27(19-10-8-7-9-11-19)29(41)35-21-16-22-25-23(18-34-38-28(22)40)26(36-24(25)17-21)20-12-14-39(15-13-20)31(43)45-33(4,5)6/h12,16-19,27,36H,7-11,13-15H2,1-6H3,(H,35,41)(H,37,42)(H,38,40). The molecule has 0 bridgehead atoms. The van der Waals surface area contributed by atoms with Gasteiger partial charge in [-0.2, -0.15) is 5.10 Å². The largest absolute Gasteiger partial charge is 0.444 e. The molecular weight excluding hydrogens is 576 g/mol. The molecule has 2 aromatic rings. The molecule has 0 radical (unpaired) electrons. The summed E-state index contributed by atoms with van der Waals surface area (Å²) in [4.78, 5) is 57.3. The minimum absolute atomic E-state index is 0.0320. The molecule has 3 aliphatic rings. The number of alkyl carbamates (subject to hydrolysis) is 1. The molecule has 12 heteroatoms. The van der Waals surface area contributed by atoms with E-state index in [1.165, 1.54) is 0 Å². The Hall–Kier alpha value is -4.35. The Morgan fingerprint density at radius 2 is 1.73 bits per heavy atom. The second-order valence-electron chi connectivity index (χ2n) is 14.0. The van der Waals surface area contributed by atoms with Gasteiger partial charge in [0.05, 0.1) is 17.5 Å². The van der Waals surface area contributed by atoms with Gasteiger partial charge in [0.2, 0.25) is 5.91 Å². The zero-order valence-electron chi connectivity index (χ0n) is 27.0. The highest BCUT2D eigenvalue weighted by molar-refractivity contribution is 6.17. The normalized spacial score (nSPS) is 18.0. The summed E-state index contributed by atoms with van der Waals surface area (Å²) in [5.41, 5.74) is 5.23. The number of amides is 4. The van der Waals surface area contributed by atoms with Gasteiger partial charge in [-0.25, -0.2) is 15.0 Å². The van der Waals surface area contributed by atoms with Crippen molar-refractivity contribution in [2.45, 2.75) is 97.3 Å². The number of aromatic nitrogens is 1. The van der Waals surface area contributed by atoms with Gasteiger partial charge in [0.15, 0.2) is 0 Å². The van der Waals surface area contributed by atoms with E-state index in [9.17, 15) is 19.2 Å². The van der Waals surface area contributed by atoms with Gasteiger partial charge < -0.3 is 30.0 Å². The number of nitrogens with one attached hydrogen (secondary N) is 4. The van der Waals surface area contributed by atoms with Gasteiger partial charge in [-0.3, -0.25) is 9.59 Å². The van der Waals surface area contributed by atoms with Crippen LogP contribution in [0.25, 0.3) is 16.5 Å². The number of nitrogens with zero attached hydrogens (tertiary/aromatic N) is 2. The number of hydrogen-bond acceptors (Lipinski definition) is 7. The molecule has 242 valence electrons. The number of benzene rings is 1. The highest BCUT2D eigenvalue weighted by Gasteiger charge is 2.33.